The molecular formula is C19H26O6. The highest BCUT2D eigenvalue weighted by Crippen LogP contribution is 2.57. The number of hydrogen-bond acceptors (Lipinski definition) is 6. The molecule has 1 heterocycles. The van der Waals surface area contributed by atoms with E-state index in [0.717, 1.165) is 17.6 Å². The van der Waals surface area contributed by atoms with Crippen LogP contribution in [0, 0.1) is 17.3 Å². The third kappa shape index (κ3) is 2.75. The number of carbonyl (C=O) groups excluding carboxylic acids is 3. The summed E-state index contributed by atoms with van der Waals surface area (Å²) in [5.41, 5.74) is 1.44. The van der Waals surface area contributed by atoms with E-state index in [1.54, 1.807) is 0 Å². The zero-order valence-electron chi connectivity index (χ0n) is 15.5. The quantitative estimate of drug-likeness (QED) is 0.433. The van der Waals surface area contributed by atoms with Crippen molar-refractivity contribution in [2.24, 2.45) is 17.3 Å². The summed E-state index contributed by atoms with van der Waals surface area (Å²) in [6.45, 7) is 8.64. The van der Waals surface area contributed by atoms with Crippen molar-refractivity contribution in [3.05, 3.63) is 11.1 Å². The summed E-state index contributed by atoms with van der Waals surface area (Å²) in [5, 5.41) is 0. The lowest BCUT2D eigenvalue weighted by Crippen LogP contribution is -2.57. The molecule has 2 fully saturated rings. The minimum Gasteiger partial charge on any atom is -0.461 e. The standard InChI is InChI=1S/C19H26O6/c1-9-6-7-14(23-11(3)20)19(5)15(24-12(4)21)8-13-10(2)18(22)25-17(13)16(9)19/h10,13-15,17H,6-8H2,1-5H3/t10?,13?,14-,15+,17+,19-/m1/s1. The van der Waals surface area contributed by atoms with E-state index >= 15 is 0 Å². The Morgan fingerprint density at radius 3 is 2.36 bits per heavy atom. The van der Waals surface area contributed by atoms with Crippen LogP contribution >= 0.6 is 0 Å². The van der Waals surface area contributed by atoms with Crippen molar-refractivity contribution in [2.75, 3.05) is 0 Å². The topological polar surface area (TPSA) is 78.9 Å². The Morgan fingerprint density at radius 2 is 1.76 bits per heavy atom. The van der Waals surface area contributed by atoms with Gasteiger partial charge < -0.3 is 14.2 Å². The van der Waals surface area contributed by atoms with Crippen molar-refractivity contribution in [2.45, 2.75) is 72.2 Å². The number of carbonyl (C=O) groups is 3. The average Bonchev–Trinajstić information content (AvgIpc) is 2.77. The Balaban J connectivity index is 2.10. The average molecular weight is 350 g/mol. The Kier molecular flexibility index (Phi) is 4.41. The maximum Gasteiger partial charge on any atom is 0.309 e. The number of allylic oxidation sites excluding steroid dienone is 1. The van der Waals surface area contributed by atoms with Crippen molar-refractivity contribution < 1.29 is 28.6 Å². The first-order valence-corrected chi connectivity index (χ1v) is 8.91. The predicted octanol–water partition coefficient (Wildman–Crippen LogP) is 2.55. The van der Waals surface area contributed by atoms with Crippen LogP contribution in [0.15, 0.2) is 11.1 Å². The fourth-order valence-electron chi connectivity index (χ4n) is 4.95. The van der Waals surface area contributed by atoms with Gasteiger partial charge in [-0.25, -0.2) is 0 Å². The summed E-state index contributed by atoms with van der Waals surface area (Å²) >= 11 is 0. The molecule has 1 aliphatic heterocycles. The maximum atomic E-state index is 12.2. The number of fused-ring (bicyclic) bond motifs is 3. The summed E-state index contributed by atoms with van der Waals surface area (Å²) in [7, 11) is 0. The molecule has 1 saturated carbocycles. The molecule has 6 atom stereocenters. The van der Waals surface area contributed by atoms with Gasteiger partial charge in [-0.05, 0) is 38.7 Å². The smallest absolute Gasteiger partial charge is 0.309 e. The Bertz CT molecular complexity index is 650. The van der Waals surface area contributed by atoms with E-state index in [1.165, 1.54) is 13.8 Å². The molecule has 6 nitrogen and oxygen atoms in total. The summed E-state index contributed by atoms with van der Waals surface area (Å²) in [6, 6.07) is 0. The van der Waals surface area contributed by atoms with Gasteiger partial charge in [0.1, 0.15) is 18.3 Å². The molecule has 3 aliphatic rings. The van der Waals surface area contributed by atoms with Crippen LogP contribution in [0.4, 0.5) is 0 Å². The fourth-order valence-corrected chi connectivity index (χ4v) is 4.95. The highest BCUT2D eigenvalue weighted by Gasteiger charge is 2.62. The first-order valence-electron chi connectivity index (χ1n) is 8.91. The second-order valence-corrected chi connectivity index (χ2v) is 7.76. The zero-order chi connectivity index (χ0) is 18.5. The number of rotatable bonds is 2. The number of ether oxygens (including phenoxy) is 3. The molecule has 0 aromatic carbocycles. The molecule has 0 aromatic heterocycles. The van der Waals surface area contributed by atoms with Crippen LogP contribution in [-0.2, 0) is 28.6 Å². The third-order valence-corrected chi connectivity index (χ3v) is 6.19. The van der Waals surface area contributed by atoms with E-state index in [0.29, 0.717) is 12.8 Å². The lowest BCUT2D eigenvalue weighted by atomic mass is 9.56. The van der Waals surface area contributed by atoms with Gasteiger partial charge in [0.2, 0.25) is 0 Å². The summed E-state index contributed by atoms with van der Waals surface area (Å²) in [6.07, 6.45) is 0.802. The van der Waals surface area contributed by atoms with Crippen molar-refractivity contribution >= 4 is 17.9 Å². The van der Waals surface area contributed by atoms with Gasteiger partial charge in [-0.1, -0.05) is 12.5 Å². The van der Waals surface area contributed by atoms with Gasteiger partial charge in [0.15, 0.2) is 0 Å². The molecule has 3 rings (SSSR count). The van der Waals surface area contributed by atoms with Gasteiger partial charge in [0, 0.05) is 19.8 Å². The number of hydrogen-bond donors (Lipinski definition) is 0. The van der Waals surface area contributed by atoms with Crippen LogP contribution in [0.2, 0.25) is 0 Å². The molecule has 0 amide bonds. The predicted molar refractivity (Wildman–Crippen MR) is 88.3 cm³/mol. The van der Waals surface area contributed by atoms with E-state index < -0.39 is 17.6 Å². The highest BCUT2D eigenvalue weighted by atomic mass is 16.6. The van der Waals surface area contributed by atoms with Crippen LogP contribution in [0.5, 0.6) is 0 Å². The fraction of sp³-hybridized carbons (Fsp3) is 0.737. The SMILES string of the molecule is CC(=O)O[C@H]1CC2C(C)C(=O)O[C@@H]2C2=C(C)CC[C@@H](OC(C)=O)[C@@]21C. The third-order valence-electron chi connectivity index (χ3n) is 6.19. The normalized spacial score (nSPS) is 40.0. The zero-order valence-corrected chi connectivity index (χ0v) is 15.5. The van der Waals surface area contributed by atoms with Gasteiger partial charge in [0.05, 0.1) is 11.3 Å². The summed E-state index contributed by atoms with van der Waals surface area (Å²) in [4.78, 5) is 35.5. The van der Waals surface area contributed by atoms with Gasteiger partial charge >= 0.3 is 17.9 Å². The molecule has 6 heteroatoms. The minimum atomic E-state index is -0.675. The van der Waals surface area contributed by atoms with Gasteiger partial charge in [0.25, 0.3) is 0 Å². The van der Waals surface area contributed by atoms with Crippen molar-refractivity contribution in [3.63, 3.8) is 0 Å². The van der Waals surface area contributed by atoms with Crippen LogP contribution in [0.1, 0.15) is 53.9 Å². The minimum absolute atomic E-state index is 0.0223. The van der Waals surface area contributed by atoms with Gasteiger partial charge in [-0.3, -0.25) is 14.4 Å². The van der Waals surface area contributed by atoms with Crippen LogP contribution < -0.4 is 0 Å². The number of esters is 3. The molecule has 25 heavy (non-hydrogen) atoms. The second kappa shape index (κ2) is 6.15. The van der Waals surface area contributed by atoms with Crippen LogP contribution in [-0.4, -0.2) is 36.2 Å². The molecule has 0 aromatic rings. The highest BCUT2D eigenvalue weighted by molar-refractivity contribution is 5.76. The van der Waals surface area contributed by atoms with Gasteiger partial charge in [-0.2, -0.15) is 0 Å². The lowest BCUT2D eigenvalue weighted by Gasteiger charge is -2.53. The Morgan fingerprint density at radius 1 is 1.16 bits per heavy atom. The van der Waals surface area contributed by atoms with Crippen molar-refractivity contribution in [1.82, 2.24) is 0 Å². The first-order chi connectivity index (χ1) is 11.7. The molecule has 0 N–H and O–H groups in total. The summed E-state index contributed by atoms with van der Waals surface area (Å²) in [5.74, 6) is -1.19. The van der Waals surface area contributed by atoms with Crippen LogP contribution in [0.3, 0.4) is 0 Å². The summed E-state index contributed by atoms with van der Waals surface area (Å²) < 4.78 is 17.0. The molecule has 0 bridgehead atoms. The van der Waals surface area contributed by atoms with Gasteiger partial charge in [-0.15, -0.1) is 0 Å². The Labute approximate surface area is 147 Å². The molecule has 1 saturated heterocycles. The second-order valence-electron chi connectivity index (χ2n) is 7.76. The van der Waals surface area contributed by atoms with Crippen molar-refractivity contribution in [1.29, 1.82) is 0 Å². The maximum absolute atomic E-state index is 12.2. The van der Waals surface area contributed by atoms with E-state index in [4.69, 9.17) is 14.2 Å². The monoisotopic (exact) mass is 350 g/mol. The molecule has 2 unspecified atom stereocenters. The van der Waals surface area contributed by atoms with E-state index in [-0.39, 0.29) is 35.8 Å². The molecule has 0 radical (unpaired) electrons. The van der Waals surface area contributed by atoms with E-state index in [2.05, 4.69) is 0 Å². The van der Waals surface area contributed by atoms with Crippen LogP contribution in [0.25, 0.3) is 0 Å². The first kappa shape index (κ1) is 18.0. The molecule has 0 spiro atoms. The molecule has 138 valence electrons. The Hall–Kier alpha value is -1.85. The van der Waals surface area contributed by atoms with E-state index in [1.807, 2.05) is 20.8 Å². The van der Waals surface area contributed by atoms with E-state index in [9.17, 15) is 14.4 Å². The molecule has 2 aliphatic carbocycles. The molecular weight excluding hydrogens is 324 g/mol. The van der Waals surface area contributed by atoms with Crippen molar-refractivity contribution in [3.8, 4) is 0 Å². The lowest BCUT2D eigenvalue weighted by molar-refractivity contribution is -0.177. The largest absolute Gasteiger partial charge is 0.461 e.